The third-order valence-electron chi connectivity index (χ3n) is 11.9. The van der Waals surface area contributed by atoms with Gasteiger partial charge in [0.25, 0.3) is 5.91 Å². The highest BCUT2D eigenvalue weighted by atomic mass is 16.5. The first-order valence-corrected chi connectivity index (χ1v) is 18.9. The van der Waals surface area contributed by atoms with Gasteiger partial charge in [0.2, 0.25) is 0 Å². The van der Waals surface area contributed by atoms with Crippen molar-refractivity contribution < 1.29 is 38.7 Å². The number of ether oxygens (including phenoxy) is 5. The number of piperazine rings is 1. The van der Waals surface area contributed by atoms with E-state index < -0.39 is 30.1 Å². The van der Waals surface area contributed by atoms with Crippen LogP contribution in [0, 0.1) is 25.2 Å². The van der Waals surface area contributed by atoms with Crippen LogP contribution in [0.1, 0.15) is 68.8 Å². The summed E-state index contributed by atoms with van der Waals surface area (Å²) in [6, 6.07) is 9.05. The van der Waals surface area contributed by atoms with E-state index >= 15 is 0 Å². The maximum Gasteiger partial charge on any atom is 0.269 e. The number of phenolic OH excluding ortho intramolecular Hbond substituents is 2. The van der Waals surface area contributed by atoms with Crippen molar-refractivity contribution in [1.82, 2.24) is 20.1 Å². The molecule has 1 amide bonds. The zero-order valence-electron chi connectivity index (χ0n) is 32.9. The van der Waals surface area contributed by atoms with Gasteiger partial charge >= 0.3 is 0 Å². The summed E-state index contributed by atoms with van der Waals surface area (Å²) in [6.07, 6.45) is 2.50. The van der Waals surface area contributed by atoms with Crippen LogP contribution in [0.4, 0.5) is 0 Å². The van der Waals surface area contributed by atoms with Crippen LogP contribution in [0.3, 0.4) is 0 Å². The number of likely N-dealkylation sites (N-methyl/N-ethyl adjacent to an activating group) is 1. The minimum absolute atomic E-state index is 0.0152. The SMILES string of the molecule is COc1c(C)c(OC)c2c(c1O)[C@@H]1[C@@H]3Cc4c(OC)c(C)c(OC)c(O)c4[C@H](CNC(=O)c4ccc5cc(OCCCCN)ccc5n4)N3[C@@H](C#N)[C@H](C2)N1C. The van der Waals surface area contributed by atoms with Crippen LogP contribution in [-0.4, -0.2) is 104 Å². The number of aromatic nitrogens is 1. The number of fused-ring (bicyclic) bond motifs is 8. The number of hydrogen-bond acceptors (Lipinski definition) is 13. The van der Waals surface area contributed by atoms with Crippen molar-refractivity contribution in [2.24, 2.45) is 5.73 Å². The molecule has 0 aliphatic carbocycles. The molecule has 0 spiro atoms. The molecular formula is C42H50N6O8. The Kier molecular flexibility index (Phi) is 10.8. The number of phenols is 2. The Bertz CT molecular complexity index is 2220. The van der Waals surface area contributed by atoms with Crippen molar-refractivity contribution in [3.63, 3.8) is 0 Å². The molecule has 7 rings (SSSR count). The first kappa shape index (κ1) is 38.8. The van der Waals surface area contributed by atoms with Gasteiger partial charge in [-0.25, -0.2) is 4.98 Å². The summed E-state index contributed by atoms with van der Waals surface area (Å²) >= 11 is 0. The summed E-state index contributed by atoms with van der Waals surface area (Å²) in [5.74, 6) is 1.99. The number of carbonyl (C=O) groups is 1. The predicted octanol–water partition coefficient (Wildman–Crippen LogP) is 4.62. The summed E-state index contributed by atoms with van der Waals surface area (Å²) in [5, 5.41) is 38.8. The number of nitrogens with two attached hydrogens (primary N) is 1. The van der Waals surface area contributed by atoms with Crippen LogP contribution in [0.5, 0.6) is 40.2 Å². The Morgan fingerprint density at radius 2 is 1.54 bits per heavy atom. The van der Waals surface area contributed by atoms with Gasteiger partial charge in [-0.1, -0.05) is 6.07 Å². The van der Waals surface area contributed by atoms with E-state index in [-0.39, 0.29) is 35.5 Å². The molecule has 1 saturated heterocycles. The predicted molar refractivity (Wildman–Crippen MR) is 209 cm³/mol. The molecule has 5 atom stereocenters. The minimum Gasteiger partial charge on any atom is -0.504 e. The lowest BCUT2D eigenvalue weighted by Gasteiger charge is -2.60. The molecule has 3 aromatic carbocycles. The molecular weight excluding hydrogens is 716 g/mol. The first-order chi connectivity index (χ1) is 27.0. The van der Waals surface area contributed by atoms with Gasteiger partial charge in [-0.2, -0.15) is 5.26 Å². The first-order valence-electron chi connectivity index (χ1n) is 18.9. The molecule has 14 heteroatoms. The average Bonchev–Trinajstić information content (AvgIpc) is 3.19. The maximum atomic E-state index is 14.0. The summed E-state index contributed by atoms with van der Waals surface area (Å²) in [4.78, 5) is 22.9. The summed E-state index contributed by atoms with van der Waals surface area (Å²) in [7, 11) is 8.15. The molecule has 1 aromatic heterocycles. The number of nitrogens with one attached hydrogen (secondary N) is 1. The number of unbranched alkanes of at least 4 members (excludes halogenated alkanes) is 1. The Labute approximate surface area is 326 Å². The van der Waals surface area contributed by atoms with Crippen molar-refractivity contribution in [2.45, 2.75) is 69.7 Å². The third kappa shape index (κ3) is 6.14. The molecule has 3 aliphatic heterocycles. The molecule has 0 unspecified atom stereocenters. The fraction of sp³-hybridized carbons (Fsp3) is 0.452. The van der Waals surface area contributed by atoms with Crippen LogP contribution in [-0.2, 0) is 12.8 Å². The summed E-state index contributed by atoms with van der Waals surface area (Å²) in [5.41, 5.74) is 10.5. The molecule has 4 heterocycles. The van der Waals surface area contributed by atoms with Crippen molar-refractivity contribution in [3.05, 3.63) is 69.4 Å². The fourth-order valence-electron chi connectivity index (χ4n) is 9.45. The maximum absolute atomic E-state index is 14.0. The van der Waals surface area contributed by atoms with Crippen LogP contribution in [0.25, 0.3) is 10.9 Å². The molecule has 1 fully saturated rings. The zero-order valence-corrected chi connectivity index (χ0v) is 32.9. The Hall–Kier alpha value is -5.49. The summed E-state index contributed by atoms with van der Waals surface area (Å²) in [6.45, 7) is 4.87. The van der Waals surface area contributed by atoms with E-state index in [0.717, 1.165) is 29.4 Å². The Morgan fingerprint density at radius 1 is 0.911 bits per heavy atom. The highest BCUT2D eigenvalue weighted by Gasteiger charge is 2.57. The Balaban J connectivity index is 1.31. The summed E-state index contributed by atoms with van der Waals surface area (Å²) < 4.78 is 29.3. The number of pyridine rings is 1. The average molecular weight is 767 g/mol. The van der Waals surface area contributed by atoms with E-state index in [0.29, 0.717) is 76.8 Å². The fourth-order valence-corrected chi connectivity index (χ4v) is 9.45. The molecule has 0 saturated carbocycles. The topological polar surface area (TPSA) is 185 Å². The second-order valence-corrected chi connectivity index (χ2v) is 14.7. The number of carbonyl (C=O) groups excluding carboxylic acids is 1. The monoisotopic (exact) mass is 766 g/mol. The van der Waals surface area contributed by atoms with Gasteiger partial charge in [0, 0.05) is 57.4 Å². The number of rotatable bonds is 12. The van der Waals surface area contributed by atoms with Gasteiger partial charge in [0.15, 0.2) is 23.0 Å². The van der Waals surface area contributed by atoms with E-state index in [2.05, 4.69) is 26.2 Å². The number of hydrogen-bond donors (Lipinski definition) is 4. The molecule has 5 N–H and O–H groups in total. The van der Waals surface area contributed by atoms with E-state index in [1.165, 1.54) is 14.2 Å². The largest absolute Gasteiger partial charge is 0.504 e. The Morgan fingerprint density at radius 3 is 2.16 bits per heavy atom. The standard InChI is InChI=1S/C42H50N6O8/c1-21-38(52-4)25-18-30-35-34-26(39(53-5)22(2)41(55-7)37(34)50)17-29(47(35)3)31(19-44)48(30)32(33(25)36(49)40(21)54-6)20-45-42(51)28-12-10-23-16-24(11-13-27(23)46-28)56-15-9-8-14-43/h10-13,16,29-32,35,49-50H,8-9,14-15,17-18,20,43H2,1-7H3,(H,45,51)/t29-,30-,31-,32-,35-/m0/s1. The second-order valence-electron chi connectivity index (χ2n) is 14.7. The van der Waals surface area contributed by atoms with E-state index in [1.54, 1.807) is 20.3 Å². The number of benzene rings is 3. The van der Waals surface area contributed by atoms with Crippen molar-refractivity contribution in [1.29, 1.82) is 5.26 Å². The quantitative estimate of drug-likeness (QED) is 0.147. The van der Waals surface area contributed by atoms with Crippen molar-refractivity contribution in [2.75, 3.05) is 55.2 Å². The number of nitriles is 1. The van der Waals surface area contributed by atoms with Crippen LogP contribution in [0.15, 0.2) is 30.3 Å². The number of methoxy groups -OCH3 is 4. The van der Waals surface area contributed by atoms with Gasteiger partial charge in [0.05, 0.1) is 58.7 Å². The number of aromatic hydroxyl groups is 2. The highest BCUT2D eigenvalue weighted by molar-refractivity contribution is 5.95. The molecule has 14 nitrogen and oxygen atoms in total. The molecule has 56 heavy (non-hydrogen) atoms. The van der Waals surface area contributed by atoms with Crippen molar-refractivity contribution in [3.8, 4) is 46.3 Å². The highest BCUT2D eigenvalue weighted by Crippen LogP contribution is 2.58. The lowest BCUT2D eigenvalue weighted by molar-refractivity contribution is -0.0724. The van der Waals surface area contributed by atoms with Crippen LogP contribution in [0.2, 0.25) is 0 Å². The smallest absolute Gasteiger partial charge is 0.269 e. The van der Waals surface area contributed by atoms with Gasteiger partial charge in [-0.3, -0.25) is 14.6 Å². The molecule has 296 valence electrons. The molecule has 2 bridgehead atoms. The zero-order chi connectivity index (χ0) is 40.0. The van der Waals surface area contributed by atoms with Gasteiger partial charge in [0.1, 0.15) is 29.0 Å². The van der Waals surface area contributed by atoms with E-state index in [1.807, 2.05) is 45.2 Å². The molecule has 0 radical (unpaired) electrons. The van der Waals surface area contributed by atoms with E-state index in [4.69, 9.17) is 29.4 Å². The molecule has 4 aromatic rings. The van der Waals surface area contributed by atoms with Crippen LogP contribution >= 0.6 is 0 Å². The minimum atomic E-state index is -0.711. The lowest BCUT2D eigenvalue weighted by atomic mass is 9.71. The van der Waals surface area contributed by atoms with Crippen LogP contribution < -0.4 is 34.7 Å². The van der Waals surface area contributed by atoms with Gasteiger partial charge in [-0.15, -0.1) is 0 Å². The van der Waals surface area contributed by atoms with E-state index in [9.17, 15) is 20.3 Å². The van der Waals surface area contributed by atoms with Gasteiger partial charge in [-0.05, 0) is 77.4 Å². The van der Waals surface area contributed by atoms with Crippen molar-refractivity contribution >= 4 is 16.8 Å². The normalized spacial score (nSPS) is 21.3. The van der Waals surface area contributed by atoms with Gasteiger partial charge < -0.3 is 44.9 Å². The third-order valence-corrected chi connectivity index (χ3v) is 11.9. The second kappa shape index (κ2) is 15.6. The number of amides is 1. The number of nitrogens with zero attached hydrogens (tertiary/aromatic N) is 4. The lowest BCUT2D eigenvalue weighted by Crippen LogP contribution is -2.68. The molecule has 3 aliphatic rings.